The second-order valence-electron chi connectivity index (χ2n) is 5.59. The van der Waals surface area contributed by atoms with Gasteiger partial charge in [0.2, 0.25) is 6.10 Å². The molecule has 1 aromatic rings. The molecular weight excluding hydrogens is 264 g/mol. The maximum absolute atomic E-state index is 12.1. The first-order chi connectivity index (χ1) is 10.3. The van der Waals surface area contributed by atoms with Gasteiger partial charge in [0.05, 0.1) is 6.21 Å². The molecule has 1 N–H and O–H groups in total. The zero-order valence-electron chi connectivity index (χ0n) is 12.6. The van der Waals surface area contributed by atoms with E-state index in [1.165, 1.54) is 25.7 Å². The van der Waals surface area contributed by atoms with Crippen LogP contribution in [0.4, 0.5) is 0 Å². The number of carbonyl (C=O) groups excluding carboxylic acids is 1. The summed E-state index contributed by atoms with van der Waals surface area (Å²) in [6.07, 6.45) is 8.17. The quantitative estimate of drug-likeness (QED) is 0.513. The van der Waals surface area contributed by atoms with Crippen LogP contribution in [0.5, 0.6) is 0 Å². The van der Waals surface area contributed by atoms with Crippen LogP contribution in [0.15, 0.2) is 35.5 Å². The average Bonchev–Trinajstić information content (AvgIpc) is 2.77. The summed E-state index contributed by atoms with van der Waals surface area (Å²) in [4.78, 5) is 17.3. The van der Waals surface area contributed by atoms with Crippen molar-refractivity contribution < 1.29 is 9.63 Å². The third-order valence-electron chi connectivity index (χ3n) is 3.79. The minimum Gasteiger partial charge on any atom is -0.383 e. The number of oxime groups is 1. The third-order valence-corrected chi connectivity index (χ3v) is 3.79. The lowest BCUT2D eigenvalue weighted by atomic mass is 10.1. The van der Waals surface area contributed by atoms with Gasteiger partial charge in [0.15, 0.2) is 0 Å². The Kier molecular flexibility index (Phi) is 6.25. The summed E-state index contributed by atoms with van der Waals surface area (Å²) in [5.41, 5.74) is 0.953. The highest BCUT2D eigenvalue weighted by atomic mass is 16.6. The molecule has 21 heavy (non-hydrogen) atoms. The number of nitrogens with one attached hydrogen (secondary N) is 1. The second kappa shape index (κ2) is 8.45. The van der Waals surface area contributed by atoms with E-state index < -0.39 is 6.10 Å². The second-order valence-corrected chi connectivity index (χ2v) is 5.59. The van der Waals surface area contributed by atoms with E-state index in [-0.39, 0.29) is 5.91 Å². The Morgan fingerprint density at radius 2 is 1.90 bits per heavy atom. The van der Waals surface area contributed by atoms with E-state index in [9.17, 15) is 4.79 Å². The zero-order chi connectivity index (χ0) is 14.9. The fourth-order valence-electron chi connectivity index (χ4n) is 2.51. The fraction of sp³-hybridized carbons (Fsp3) is 0.529. The average molecular weight is 288 g/mol. The Hall–Kier alpha value is -1.84. The van der Waals surface area contributed by atoms with E-state index in [4.69, 9.17) is 4.84 Å². The summed E-state index contributed by atoms with van der Waals surface area (Å²) in [5.74, 6) is -0.0767. The number of hydrogen-bond acceptors (Lipinski definition) is 3. The maximum Gasteiger partial charge on any atom is 0.263 e. The van der Waals surface area contributed by atoms with Crippen molar-refractivity contribution in [3.05, 3.63) is 35.9 Å². The van der Waals surface area contributed by atoms with Gasteiger partial charge < -0.3 is 10.2 Å². The number of benzene rings is 1. The lowest BCUT2D eigenvalue weighted by Gasteiger charge is -2.18. The summed E-state index contributed by atoms with van der Waals surface area (Å²) < 4.78 is 0. The number of rotatable bonds is 5. The summed E-state index contributed by atoms with van der Waals surface area (Å²) in [5, 5.41) is 6.96. The first kappa shape index (κ1) is 15.5. The SMILES string of the molecule is CC(ON=Cc1ccccc1)C(=O)NC1CCCCCC1. The Bertz CT molecular complexity index is 451. The molecule has 0 radical (unpaired) electrons. The van der Waals surface area contributed by atoms with Gasteiger partial charge in [-0.25, -0.2) is 0 Å². The van der Waals surface area contributed by atoms with Crippen molar-refractivity contribution in [2.45, 2.75) is 57.6 Å². The lowest BCUT2D eigenvalue weighted by molar-refractivity contribution is -0.132. The molecule has 1 amide bonds. The smallest absolute Gasteiger partial charge is 0.263 e. The van der Waals surface area contributed by atoms with E-state index in [2.05, 4.69) is 10.5 Å². The molecule has 4 heteroatoms. The molecule has 0 aliphatic heterocycles. The molecule has 1 aliphatic carbocycles. The van der Waals surface area contributed by atoms with Gasteiger partial charge in [-0.15, -0.1) is 0 Å². The van der Waals surface area contributed by atoms with Gasteiger partial charge in [0, 0.05) is 6.04 Å². The highest BCUT2D eigenvalue weighted by Crippen LogP contribution is 2.17. The van der Waals surface area contributed by atoms with Crippen LogP contribution in [0.3, 0.4) is 0 Å². The molecule has 1 aromatic carbocycles. The van der Waals surface area contributed by atoms with Gasteiger partial charge in [-0.05, 0) is 25.3 Å². The highest BCUT2D eigenvalue weighted by molar-refractivity contribution is 5.81. The van der Waals surface area contributed by atoms with Crippen molar-refractivity contribution in [1.29, 1.82) is 0 Å². The van der Waals surface area contributed by atoms with Gasteiger partial charge in [-0.3, -0.25) is 4.79 Å². The number of hydrogen-bond donors (Lipinski definition) is 1. The molecule has 0 aromatic heterocycles. The Balaban J connectivity index is 1.75. The maximum atomic E-state index is 12.1. The molecule has 1 atom stereocenters. The predicted molar refractivity (Wildman–Crippen MR) is 84.2 cm³/mol. The van der Waals surface area contributed by atoms with E-state index in [1.54, 1.807) is 13.1 Å². The summed E-state index contributed by atoms with van der Waals surface area (Å²) >= 11 is 0. The molecule has 0 bridgehead atoms. The molecule has 1 saturated carbocycles. The molecule has 114 valence electrons. The van der Waals surface area contributed by atoms with E-state index >= 15 is 0 Å². The summed E-state index contributed by atoms with van der Waals surface area (Å²) in [7, 11) is 0. The van der Waals surface area contributed by atoms with Crippen LogP contribution >= 0.6 is 0 Å². The largest absolute Gasteiger partial charge is 0.383 e. The first-order valence-electron chi connectivity index (χ1n) is 7.80. The van der Waals surface area contributed by atoms with Gasteiger partial charge in [-0.1, -0.05) is 61.2 Å². The highest BCUT2D eigenvalue weighted by Gasteiger charge is 2.19. The molecule has 1 fully saturated rings. The molecule has 1 aliphatic rings. The standard InChI is InChI=1S/C17H24N2O2/c1-14(21-18-13-15-9-5-4-6-10-15)17(20)19-16-11-7-2-3-8-12-16/h4-6,9-10,13-14,16H,2-3,7-8,11-12H2,1H3,(H,19,20). The monoisotopic (exact) mass is 288 g/mol. The zero-order valence-corrected chi connectivity index (χ0v) is 12.6. The Morgan fingerprint density at radius 1 is 1.24 bits per heavy atom. The predicted octanol–water partition coefficient (Wildman–Crippen LogP) is 3.26. The summed E-state index contributed by atoms with van der Waals surface area (Å²) in [6.45, 7) is 1.73. The van der Waals surface area contributed by atoms with Gasteiger partial charge in [0.25, 0.3) is 5.91 Å². The van der Waals surface area contributed by atoms with Crippen LogP contribution in [0.1, 0.15) is 51.0 Å². The number of nitrogens with zero attached hydrogens (tertiary/aromatic N) is 1. The van der Waals surface area contributed by atoms with Crippen LogP contribution in [0, 0.1) is 0 Å². The van der Waals surface area contributed by atoms with Crippen molar-refractivity contribution in [3.8, 4) is 0 Å². The van der Waals surface area contributed by atoms with E-state index in [0.717, 1.165) is 18.4 Å². The molecular formula is C17H24N2O2. The van der Waals surface area contributed by atoms with Crippen LogP contribution in [0.25, 0.3) is 0 Å². The molecule has 2 rings (SSSR count). The van der Waals surface area contributed by atoms with Crippen molar-refractivity contribution in [1.82, 2.24) is 5.32 Å². The third kappa shape index (κ3) is 5.58. The number of carbonyl (C=O) groups is 1. The lowest BCUT2D eigenvalue weighted by Crippen LogP contribution is -2.40. The van der Waals surface area contributed by atoms with E-state index in [0.29, 0.717) is 6.04 Å². The molecule has 0 heterocycles. The van der Waals surface area contributed by atoms with Crippen molar-refractivity contribution in [3.63, 3.8) is 0 Å². The molecule has 1 unspecified atom stereocenters. The number of amides is 1. The van der Waals surface area contributed by atoms with Gasteiger partial charge in [-0.2, -0.15) is 0 Å². The van der Waals surface area contributed by atoms with E-state index in [1.807, 2.05) is 30.3 Å². The van der Waals surface area contributed by atoms with Crippen molar-refractivity contribution in [2.24, 2.45) is 5.16 Å². The Labute approximate surface area is 126 Å². The normalized spacial score (nSPS) is 18.1. The van der Waals surface area contributed by atoms with Crippen molar-refractivity contribution >= 4 is 12.1 Å². The van der Waals surface area contributed by atoms with Gasteiger partial charge in [0.1, 0.15) is 0 Å². The van der Waals surface area contributed by atoms with Crippen molar-refractivity contribution in [2.75, 3.05) is 0 Å². The topological polar surface area (TPSA) is 50.7 Å². The van der Waals surface area contributed by atoms with Crippen LogP contribution in [-0.2, 0) is 9.63 Å². The van der Waals surface area contributed by atoms with Crippen LogP contribution < -0.4 is 5.32 Å². The van der Waals surface area contributed by atoms with Crippen LogP contribution in [0.2, 0.25) is 0 Å². The molecule has 0 saturated heterocycles. The fourth-order valence-corrected chi connectivity index (χ4v) is 2.51. The molecule has 4 nitrogen and oxygen atoms in total. The Morgan fingerprint density at radius 3 is 2.57 bits per heavy atom. The minimum atomic E-state index is -0.562. The first-order valence-corrected chi connectivity index (χ1v) is 7.80. The van der Waals surface area contributed by atoms with Gasteiger partial charge >= 0.3 is 0 Å². The summed E-state index contributed by atoms with van der Waals surface area (Å²) in [6, 6.07) is 9.98. The molecule has 0 spiro atoms. The minimum absolute atomic E-state index is 0.0767. The van der Waals surface area contributed by atoms with Crippen LogP contribution in [-0.4, -0.2) is 24.3 Å².